The Balaban J connectivity index is 1.49. The average Bonchev–Trinajstić information content (AvgIpc) is 2.65. The predicted octanol–water partition coefficient (Wildman–Crippen LogP) is 0.237. The van der Waals surface area contributed by atoms with Crippen molar-refractivity contribution in [2.24, 2.45) is 17.3 Å². The van der Waals surface area contributed by atoms with Gasteiger partial charge in [-0.2, -0.15) is 0 Å². The molecule has 1 spiro atoms. The molecule has 3 atom stereocenters. The zero-order valence-corrected chi connectivity index (χ0v) is 9.34. The molecule has 0 aromatic rings. The lowest BCUT2D eigenvalue weighted by molar-refractivity contribution is 0.170. The first-order chi connectivity index (χ1) is 7.36. The summed E-state index contributed by atoms with van der Waals surface area (Å²) in [4.78, 5) is 2.74. The Bertz CT molecular complexity index is 274. The molecule has 3 saturated heterocycles. The first kappa shape index (κ1) is 8.97. The van der Waals surface area contributed by atoms with E-state index in [0.29, 0.717) is 6.17 Å². The number of nitrogens with zero attached hydrogens (tertiary/aromatic N) is 1. The molecule has 3 aliphatic heterocycles. The van der Waals surface area contributed by atoms with Crippen molar-refractivity contribution in [1.29, 1.82) is 0 Å². The van der Waals surface area contributed by atoms with Gasteiger partial charge in [0.15, 0.2) is 0 Å². The second-order valence-electron chi connectivity index (χ2n) is 6.16. The maximum Gasteiger partial charge on any atom is 0.0642 e. The summed E-state index contributed by atoms with van der Waals surface area (Å²) in [6, 6.07) is 0. The van der Waals surface area contributed by atoms with Crippen LogP contribution in [0.15, 0.2) is 0 Å². The highest BCUT2D eigenvalue weighted by atomic mass is 15.3. The third-order valence-corrected chi connectivity index (χ3v) is 5.21. The fourth-order valence-corrected chi connectivity index (χ4v) is 3.96. The van der Waals surface area contributed by atoms with Gasteiger partial charge in [-0.05, 0) is 37.1 Å². The van der Waals surface area contributed by atoms with Gasteiger partial charge in [-0.3, -0.25) is 4.90 Å². The lowest BCUT2D eigenvalue weighted by atomic mass is 9.97. The van der Waals surface area contributed by atoms with Gasteiger partial charge >= 0.3 is 0 Å². The third kappa shape index (κ3) is 1.30. The maximum atomic E-state index is 3.75. The van der Waals surface area contributed by atoms with E-state index in [1.165, 1.54) is 52.0 Å². The molecule has 0 amide bonds. The quantitative estimate of drug-likeness (QED) is 0.645. The van der Waals surface area contributed by atoms with Crippen molar-refractivity contribution in [2.45, 2.75) is 25.4 Å². The van der Waals surface area contributed by atoms with Gasteiger partial charge in [0.2, 0.25) is 0 Å². The van der Waals surface area contributed by atoms with Crippen LogP contribution in [0.2, 0.25) is 0 Å². The van der Waals surface area contributed by atoms with E-state index in [0.717, 1.165) is 17.3 Å². The molecule has 0 aromatic carbocycles. The van der Waals surface area contributed by atoms with Gasteiger partial charge in [0.1, 0.15) is 0 Å². The lowest BCUT2D eigenvalue weighted by Crippen LogP contribution is -2.45. The highest BCUT2D eigenvalue weighted by Crippen LogP contribution is 2.53. The number of likely N-dealkylation sites (tertiary alicyclic amines) is 1. The lowest BCUT2D eigenvalue weighted by Gasteiger charge is -2.28. The van der Waals surface area contributed by atoms with Crippen molar-refractivity contribution in [1.82, 2.24) is 15.5 Å². The zero-order valence-electron chi connectivity index (χ0n) is 9.34. The molecule has 4 rings (SSSR count). The first-order valence-electron chi connectivity index (χ1n) is 6.55. The van der Waals surface area contributed by atoms with Crippen LogP contribution in [0, 0.1) is 17.3 Å². The SMILES string of the molecule is C1NCC2C1CNC2N1CCC2(CC2)C1. The van der Waals surface area contributed by atoms with Crippen molar-refractivity contribution < 1.29 is 0 Å². The Morgan fingerprint density at radius 1 is 1.07 bits per heavy atom. The van der Waals surface area contributed by atoms with Gasteiger partial charge in [0.25, 0.3) is 0 Å². The van der Waals surface area contributed by atoms with E-state index in [1.807, 2.05) is 0 Å². The molecule has 1 saturated carbocycles. The minimum atomic E-state index is 0.699. The number of nitrogens with one attached hydrogen (secondary N) is 2. The van der Waals surface area contributed by atoms with E-state index in [9.17, 15) is 0 Å². The highest BCUT2D eigenvalue weighted by molar-refractivity contribution is 5.05. The smallest absolute Gasteiger partial charge is 0.0642 e. The molecule has 4 fully saturated rings. The fourth-order valence-electron chi connectivity index (χ4n) is 3.96. The summed E-state index contributed by atoms with van der Waals surface area (Å²) in [6.45, 7) is 6.46. The first-order valence-corrected chi connectivity index (χ1v) is 6.55. The molecule has 1 aliphatic carbocycles. The standard InChI is InChI=1S/C12H21N3/c1-2-12(1)3-4-15(8-12)11-10-7-13-5-9(10)6-14-11/h9-11,13-14H,1-8H2. The molecule has 15 heavy (non-hydrogen) atoms. The Kier molecular flexibility index (Phi) is 1.77. The molecule has 3 heterocycles. The minimum Gasteiger partial charge on any atom is -0.316 e. The van der Waals surface area contributed by atoms with Crippen LogP contribution < -0.4 is 10.6 Å². The molecule has 0 radical (unpaired) electrons. The summed E-state index contributed by atoms with van der Waals surface area (Å²) in [5.41, 5.74) is 0.784. The Morgan fingerprint density at radius 3 is 2.80 bits per heavy atom. The molecule has 4 aliphatic rings. The molecule has 2 N–H and O–H groups in total. The summed E-state index contributed by atoms with van der Waals surface area (Å²) >= 11 is 0. The molecule has 0 bridgehead atoms. The summed E-state index contributed by atoms with van der Waals surface area (Å²) in [5, 5.41) is 7.30. The second kappa shape index (κ2) is 2.96. The van der Waals surface area contributed by atoms with Crippen molar-refractivity contribution in [3.8, 4) is 0 Å². The minimum absolute atomic E-state index is 0.699. The molecule has 84 valence electrons. The van der Waals surface area contributed by atoms with Gasteiger partial charge in [-0.1, -0.05) is 0 Å². The second-order valence-corrected chi connectivity index (χ2v) is 6.16. The molecule has 3 unspecified atom stereocenters. The zero-order chi connectivity index (χ0) is 9.88. The van der Waals surface area contributed by atoms with Crippen molar-refractivity contribution in [3.63, 3.8) is 0 Å². The molecule has 3 nitrogen and oxygen atoms in total. The maximum absolute atomic E-state index is 3.75. The number of rotatable bonds is 1. The average molecular weight is 207 g/mol. The topological polar surface area (TPSA) is 27.3 Å². The Hall–Kier alpha value is -0.120. The molecular weight excluding hydrogens is 186 g/mol. The van der Waals surface area contributed by atoms with E-state index >= 15 is 0 Å². The van der Waals surface area contributed by atoms with Crippen LogP contribution >= 0.6 is 0 Å². The van der Waals surface area contributed by atoms with E-state index in [2.05, 4.69) is 15.5 Å². The molecule has 3 heteroatoms. The van der Waals surface area contributed by atoms with Crippen LogP contribution in [-0.2, 0) is 0 Å². The Labute approximate surface area is 91.6 Å². The van der Waals surface area contributed by atoms with Gasteiger partial charge in [0.05, 0.1) is 6.17 Å². The van der Waals surface area contributed by atoms with E-state index in [1.54, 1.807) is 0 Å². The summed E-state index contributed by atoms with van der Waals surface area (Å²) in [5.74, 6) is 1.80. The van der Waals surface area contributed by atoms with Crippen LogP contribution in [0.4, 0.5) is 0 Å². The summed E-state index contributed by atoms with van der Waals surface area (Å²) in [7, 11) is 0. The van der Waals surface area contributed by atoms with Crippen LogP contribution in [0.5, 0.6) is 0 Å². The van der Waals surface area contributed by atoms with Gasteiger partial charge < -0.3 is 10.6 Å². The van der Waals surface area contributed by atoms with Gasteiger partial charge in [0, 0.05) is 32.1 Å². The number of fused-ring (bicyclic) bond motifs is 1. The van der Waals surface area contributed by atoms with Crippen LogP contribution in [0.1, 0.15) is 19.3 Å². The van der Waals surface area contributed by atoms with Crippen LogP contribution in [0.25, 0.3) is 0 Å². The van der Waals surface area contributed by atoms with E-state index < -0.39 is 0 Å². The number of hydrogen-bond donors (Lipinski definition) is 2. The van der Waals surface area contributed by atoms with E-state index in [-0.39, 0.29) is 0 Å². The van der Waals surface area contributed by atoms with Crippen molar-refractivity contribution >= 4 is 0 Å². The third-order valence-electron chi connectivity index (χ3n) is 5.21. The summed E-state index contributed by atoms with van der Waals surface area (Å²) in [6.07, 6.45) is 5.17. The van der Waals surface area contributed by atoms with Gasteiger partial charge in [-0.15, -0.1) is 0 Å². The van der Waals surface area contributed by atoms with Crippen molar-refractivity contribution in [2.75, 3.05) is 32.7 Å². The largest absolute Gasteiger partial charge is 0.316 e. The summed E-state index contributed by atoms with van der Waals surface area (Å²) < 4.78 is 0. The molecular formula is C12H21N3. The fraction of sp³-hybridized carbons (Fsp3) is 1.00. The van der Waals surface area contributed by atoms with Crippen LogP contribution in [0.3, 0.4) is 0 Å². The number of hydrogen-bond acceptors (Lipinski definition) is 3. The van der Waals surface area contributed by atoms with Gasteiger partial charge in [-0.25, -0.2) is 0 Å². The normalized spacial score (nSPS) is 47.6. The van der Waals surface area contributed by atoms with Crippen LogP contribution in [-0.4, -0.2) is 43.8 Å². The predicted molar refractivity (Wildman–Crippen MR) is 59.5 cm³/mol. The Morgan fingerprint density at radius 2 is 2.00 bits per heavy atom. The highest BCUT2D eigenvalue weighted by Gasteiger charge is 2.51. The molecule has 0 aromatic heterocycles. The van der Waals surface area contributed by atoms with E-state index in [4.69, 9.17) is 0 Å². The van der Waals surface area contributed by atoms with Crippen molar-refractivity contribution in [3.05, 3.63) is 0 Å². The monoisotopic (exact) mass is 207 g/mol.